The second-order valence-electron chi connectivity index (χ2n) is 14.0. The molecule has 6 aromatic carbocycles. The first-order chi connectivity index (χ1) is 32.0. The van der Waals surface area contributed by atoms with Gasteiger partial charge < -0.3 is 0 Å². The van der Waals surface area contributed by atoms with Gasteiger partial charge in [0, 0.05) is 5.56 Å². The van der Waals surface area contributed by atoms with Gasteiger partial charge in [0.15, 0.2) is 82.5 Å². The number of benzene rings is 6. The molecule has 0 bridgehead atoms. The summed E-state index contributed by atoms with van der Waals surface area (Å²) in [5.74, 6) is -71.5. The molecule has 7 rings (SSSR count). The lowest BCUT2D eigenvalue weighted by atomic mass is 9.12. The molecule has 0 aliphatic heterocycles. The van der Waals surface area contributed by atoms with Crippen LogP contribution in [0.2, 0.25) is 0 Å². The van der Waals surface area contributed by atoms with Crippen molar-refractivity contribution < 1.29 is 97.2 Å². The standard InChI is InChI=1S/C24BF20.C20H17N2O/c26-5-1(6(27)14(35)21(42)13(5)34)25(2-7(28)15(36)22(43)16(37)8(2)29,3-9(30)17(38)23(44)18(39)10(3)31)4-11(32)19(40)24(45)20(41)12(4)33;23-20(12-11-17-7-3-1-4-8-17)19-15-21-13-14-22(19)16-18-9-5-2-6-10-18/h;1-15H,16H2/q-1;+1. The van der Waals surface area contributed by atoms with Gasteiger partial charge in [0.1, 0.15) is 58.9 Å². The van der Waals surface area contributed by atoms with Gasteiger partial charge in [0.05, 0.1) is 6.20 Å². The molecule has 0 radical (unpaired) electrons. The summed E-state index contributed by atoms with van der Waals surface area (Å²) in [4.78, 5) is 16.6. The molecule has 24 heteroatoms. The van der Waals surface area contributed by atoms with Gasteiger partial charge in [-0.25, -0.2) is 87.8 Å². The molecule has 7 aromatic rings. The molecule has 0 fully saturated rings. The first-order valence-electron chi connectivity index (χ1n) is 18.4. The van der Waals surface area contributed by atoms with E-state index in [1.165, 1.54) is 0 Å². The Morgan fingerprint density at radius 1 is 0.426 bits per heavy atom. The van der Waals surface area contributed by atoms with Gasteiger partial charge in [0.2, 0.25) is 0 Å². The van der Waals surface area contributed by atoms with E-state index in [0.29, 0.717) is 12.2 Å². The number of rotatable bonds is 9. The van der Waals surface area contributed by atoms with E-state index >= 15 is 35.1 Å². The Bertz CT molecular complexity index is 2790. The van der Waals surface area contributed by atoms with Crippen LogP contribution in [0.4, 0.5) is 87.8 Å². The number of hydrogen-bond acceptors (Lipinski definition) is 2. The molecule has 0 spiro atoms. The van der Waals surface area contributed by atoms with Gasteiger partial charge in [-0.05, 0) is 11.6 Å². The van der Waals surface area contributed by atoms with Crippen molar-refractivity contribution in [3.8, 4) is 0 Å². The molecular weight excluding hydrogens is 963 g/mol. The van der Waals surface area contributed by atoms with Crippen molar-refractivity contribution in [3.05, 3.63) is 218 Å². The van der Waals surface area contributed by atoms with Crippen LogP contribution < -0.4 is 26.4 Å². The molecule has 1 heterocycles. The third-order valence-electron chi connectivity index (χ3n) is 10.2. The Kier molecular flexibility index (Phi) is 14.2. The smallest absolute Gasteiger partial charge is 0.271 e. The summed E-state index contributed by atoms with van der Waals surface area (Å²) in [6.07, 6.45) is 1.33. The zero-order chi connectivity index (χ0) is 50.3. The first-order valence-corrected chi connectivity index (χ1v) is 18.4. The van der Waals surface area contributed by atoms with Crippen LogP contribution in [-0.4, -0.2) is 16.9 Å². The molecule has 0 aliphatic rings. The number of aromatic nitrogens is 2. The molecule has 3 nitrogen and oxygen atoms in total. The molecule has 1 aromatic heterocycles. The third-order valence-corrected chi connectivity index (χ3v) is 10.2. The van der Waals surface area contributed by atoms with E-state index < -0.39 is 144 Å². The van der Waals surface area contributed by atoms with E-state index in [1.54, 1.807) is 18.5 Å². The lowest BCUT2D eigenvalue weighted by molar-refractivity contribution is -0.690. The van der Waals surface area contributed by atoms with Gasteiger partial charge >= 0.3 is 0 Å². The zero-order valence-corrected chi connectivity index (χ0v) is 32.8. The number of hydrogen-bond donors (Lipinski definition) is 0. The number of carbonyl (C=O) groups excluding carboxylic acids is 1. The lowest BCUT2D eigenvalue weighted by Crippen LogP contribution is -2.81. The van der Waals surface area contributed by atoms with Crippen molar-refractivity contribution in [2.24, 2.45) is 0 Å². The minimum atomic E-state index is -7.22. The second-order valence-corrected chi connectivity index (χ2v) is 14.0. The van der Waals surface area contributed by atoms with E-state index in [-0.39, 0.29) is 5.78 Å². The SMILES string of the molecule is Fc1c(F)c(F)c([B-](c2c(F)c(F)c(F)c(F)c2F)(c2c(F)c(F)c(F)c(F)c2F)c2c(F)c(F)c(F)c(F)c2F)c(F)c1F.O=C(C=Cc1ccccc1)c1cncc[n+]1Cc1ccccc1. The molecule has 0 unspecified atom stereocenters. The van der Waals surface area contributed by atoms with E-state index in [4.69, 9.17) is 0 Å². The molecule has 68 heavy (non-hydrogen) atoms. The fraction of sp³-hybridized carbons (Fsp3) is 0.0227. The Morgan fingerprint density at radius 2 is 0.721 bits per heavy atom. The molecule has 0 N–H and O–H groups in total. The Morgan fingerprint density at radius 3 is 1.04 bits per heavy atom. The van der Waals surface area contributed by atoms with E-state index in [9.17, 15) is 57.5 Å². The van der Waals surface area contributed by atoms with E-state index in [2.05, 4.69) is 4.98 Å². The van der Waals surface area contributed by atoms with Crippen molar-refractivity contribution in [3.63, 3.8) is 0 Å². The van der Waals surface area contributed by atoms with Crippen LogP contribution in [0.25, 0.3) is 6.08 Å². The number of ketones is 1. The number of allylic oxidation sites excluding steroid dienone is 1. The number of carbonyl (C=O) groups is 1. The van der Waals surface area contributed by atoms with Gasteiger partial charge in [-0.1, -0.05) is 66.7 Å². The lowest BCUT2D eigenvalue weighted by Gasteiger charge is -2.44. The van der Waals surface area contributed by atoms with Crippen molar-refractivity contribution in [1.82, 2.24) is 4.98 Å². The zero-order valence-electron chi connectivity index (χ0n) is 32.8. The van der Waals surface area contributed by atoms with Crippen LogP contribution in [0.3, 0.4) is 0 Å². The van der Waals surface area contributed by atoms with Gasteiger partial charge in [-0.3, -0.25) is 9.78 Å². The van der Waals surface area contributed by atoms with Crippen LogP contribution in [0.15, 0.2) is 85.3 Å². The number of halogens is 20. The highest BCUT2D eigenvalue weighted by atomic mass is 19.2. The largest absolute Gasteiger partial charge is 0.282 e. The highest BCUT2D eigenvalue weighted by Gasteiger charge is 2.52. The average molecular weight is 980 g/mol. The van der Waals surface area contributed by atoms with Crippen molar-refractivity contribution >= 4 is 39.9 Å². The maximum absolute atomic E-state index is 15.4. The van der Waals surface area contributed by atoms with Crippen LogP contribution in [0, 0.1) is 116 Å². The predicted molar refractivity (Wildman–Crippen MR) is 199 cm³/mol. The second kappa shape index (κ2) is 19.4. The van der Waals surface area contributed by atoms with Gasteiger partial charge in [0.25, 0.3) is 11.5 Å². The van der Waals surface area contributed by atoms with Crippen LogP contribution in [0.5, 0.6) is 0 Å². The van der Waals surface area contributed by atoms with Crippen LogP contribution in [0.1, 0.15) is 21.6 Å². The highest BCUT2D eigenvalue weighted by Crippen LogP contribution is 2.31. The molecular formula is C44H17BF20N2O. The van der Waals surface area contributed by atoms with Crippen molar-refractivity contribution in [2.75, 3.05) is 0 Å². The Balaban J connectivity index is 0.000000276. The summed E-state index contributed by atoms with van der Waals surface area (Å²) in [6, 6.07) is 19.8. The van der Waals surface area contributed by atoms with Crippen LogP contribution in [-0.2, 0) is 6.54 Å². The summed E-state index contributed by atoms with van der Waals surface area (Å²) in [6.45, 7) is 0.642. The van der Waals surface area contributed by atoms with E-state index in [1.807, 2.05) is 77.5 Å². The average Bonchev–Trinajstić information content (AvgIpc) is 3.34. The van der Waals surface area contributed by atoms with E-state index in [0.717, 1.165) is 11.1 Å². The topological polar surface area (TPSA) is 33.8 Å². The number of nitrogens with zero attached hydrogens (tertiary/aromatic N) is 2. The summed E-state index contributed by atoms with van der Waals surface area (Å²) < 4.78 is 296. The van der Waals surface area contributed by atoms with Gasteiger partial charge in [-0.2, -0.15) is 4.57 Å². The summed E-state index contributed by atoms with van der Waals surface area (Å²) >= 11 is 0. The highest BCUT2D eigenvalue weighted by molar-refractivity contribution is 7.20. The van der Waals surface area contributed by atoms with Crippen molar-refractivity contribution in [1.29, 1.82) is 0 Å². The monoisotopic (exact) mass is 980 g/mol. The fourth-order valence-corrected chi connectivity index (χ4v) is 7.21. The molecule has 0 aliphatic carbocycles. The van der Waals surface area contributed by atoms with Gasteiger partial charge in [-0.15, -0.1) is 21.9 Å². The third kappa shape index (κ3) is 8.31. The summed E-state index contributed by atoms with van der Waals surface area (Å²) in [5.41, 5.74) is -11.6. The van der Waals surface area contributed by atoms with Crippen LogP contribution >= 0.6 is 0 Å². The maximum Gasteiger partial charge on any atom is 0.271 e. The predicted octanol–water partition coefficient (Wildman–Crippen LogP) is 9.16. The maximum atomic E-state index is 15.4. The molecule has 352 valence electrons. The Hall–Kier alpha value is -7.53. The van der Waals surface area contributed by atoms with Crippen molar-refractivity contribution in [2.45, 2.75) is 6.54 Å². The Labute approximate surface area is 366 Å². The molecule has 0 saturated carbocycles. The summed E-state index contributed by atoms with van der Waals surface area (Å²) in [5, 5.41) is 0. The minimum Gasteiger partial charge on any atom is -0.282 e. The molecule has 0 atom stereocenters. The normalized spacial score (nSPS) is 11.6. The molecule has 0 saturated heterocycles. The first kappa shape index (κ1) is 49.9. The minimum absolute atomic E-state index is 0.0575. The molecule has 0 amide bonds. The summed E-state index contributed by atoms with van der Waals surface area (Å²) in [7, 11) is 0. The fourth-order valence-electron chi connectivity index (χ4n) is 7.21. The quantitative estimate of drug-likeness (QED) is 0.0275.